The molecule has 3 heterocycles. The lowest BCUT2D eigenvalue weighted by Gasteiger charge is -2.27. The molecule has 1 aromatic heterocycles. The number of nitrogens with zero attached hydrogens (tertiary/aromatic N) is 3. The van der Waals surface area contributed by atoms with Gasteiger partial charge in [0, 0.05) is 24.8 Å². The van der Waals surface area contributed by atoms with E-state index in [1.165, 1.54) is 5.57 Å². The molecular weight excluding hydrogens is 230 g/mol. The molecule has 1 amide bonds. The van der Waals surface area contributed by atoms with E-state index in [4.69, 9.17) is 4.74 Å². The topological polar surface area (TPSA) is 47.4 Å². The predicted molar refractivity (Wildman–Crippen MR) is 66.9 cm³/mol. The highest BCUT2D eigenvalue weighted by Gasteiger charge is 2.23. The fourth-order valence-electron chi connectivity index (χ4n) is 2.45. The second kappa shape index (κ2) is 4.57. The third-order valence-corrected chi connectivity index (χ3v) is 3.50. The SMILES string of the molecule is CC1C=C(c2cnn(C3COC3)c2)CN(C=O)C1. The van der Waals surface area contributed by atoms with Gasteiger partial charge >= 0.3 is 0 Å². The number of hydrogen-bond acceptors (Lipinski definition) is 3. The standard InChI is InChI=1S/C13H17N3O2/c1-10-2-11(5-15(4-10)9-17)12-3-14-16(6-12)13-7-18-8-13/h2-3,6,9-10,13H,4-5,7-8H2,1H3. The van der Waals surface area contributed by atoms with Crippen molar-refractivity contribution < 1.29 is 9.53 Å². The van der Waals surface area contributed by atoms with Crippen LogP contribution in [0.1, 0.15) is 18.5 Å². The first-order chi connectivity index (χ1) is 8.76. The number of carbonyl (C=O) groups excluding carboxylic acids is 1. The van der Waals surface area contributed by atoms with Gasteiger partial charge in [-0.05, 0) is 11.5 Å². The molecule has 1 fully saturated rings. The molecule has 0 saturated carbocycles. The van der Waals surface area contributed by atoms with Crippen molar-refractivity contribution in [2.45, 2.75) is 13.0 Å². The molecule has 0 aliphatic carbocycles. The Balaban J connectivity index is 1.80. The van der Waals surface area contributed by atoms with Crippen molar-refractivity contribution in [3.63, 3.8) is 0 Å². The quantitative estimate of drug-likeness (QED) is 0.747. The van der Waals surface area contributed by atoms with Crippen molar-refractivity contribution in [2.75, 3.05) is 26.3 Å². The molecule has 0 spiro atoms. The Labute approximate surface area is 106 Å². The van der Waals surface area contributed by atoms with Crippen LogP contribution >= 0.6 is 0 Å². The Morgan fingerprint density at radius 1 is 1.50 bits per heavy atom. The number of aromatic nitrogens is 2. The molecule has 5 nitrogen and oxygen atoms in total. The van der Waals surface area contributed by atoms with E-state index in [9.17, 15) is 4.79 Å². The van der Waals surface area contributed by atoms with Gasteiger partial charge in [0.25, 0.3) is 0 Å². The molecule has 2 aliphatic rings. The van der Waals surface area contributed by atoms with Crippen LogP contribution < -0.4 is 0 Å². The molecular formula is C13H17N3O2. The first-order valence-corrected chi connectivity index (χ1v) is 6.28. The minimum absolute atomic E-state index is 0.377. The van der Waals surface area contributed by atoms with Gasteiger partial charge in [0.15, 0.2) is 0 Å². The Morgan fingerprint density at radius 2 is 2.33 bits per heavy atom. The maximum atomic E-state index is 10.9. The average molecular weight is 247 g/mol. The van der Waals surface area contributed by atoms with Gasteiger partial charge in [0.1, 0.15) is 0 Å². The molecule has 5 heteroatoms. The Morgan fingerprint density at radius 3 is 3.00 bits per heavy atom. The molecule has 1 saturated heterocycles. The van der Waals surface area contributed by atoms with Crippen molar-refractivity contribution in [3.05, 3.63) is 24.0 Å². The van der Waals surface area contributed by atoms with E-state index < -0.39 is 0 Å². The van der Waals surface area contributed by atoms with Gasteiger partial charge in [0.05, 0.1) is 25.5 Å². The summed E-state index contributed by atoms with van der Waals surface area (Å²) in [5.74, 6) is 0.398. The fourth-order valence-corrected chi connectivity index (χ4v) is 2.45. The highest BCUT2D eigenvalue weighted by Crippen LogP contribution is 2.24. The van der Waals surface area contributed by atoms with Gasteiger partial charge < -0.3 is 9.64 Å². The first-order valence-electron chi connectivity index (χ1n) is 6.28. The van der Waals surface area contributed by atoms with Crippen LogP contribution in [0, 0.1) is 5.92 Å². The van der Waals surface area contributed by atoms with Gasteiger partial charge in [-0.25, -0.2) is 0 Å². The molecule has 1 aromatic rings. The van der Waals surface area contributed by atoms with Crippen LogP contribution in [0.2, 0.25) is 0 Å². The summed E-state index contributed by atoms with van der Waals surface area (Å²) in [5, 5.41) is 4.38. The Kier molecular flexibility index (Phi) is 2.91. The maximum absolute atomic E-state index is 10.9. The number of hydrogen-bond donors (Lipinski definition) is 0. The predicted octanol–water partition coefficient (Wildman–Crippen LogP) is 0.946. The third-order valence-electron chi connectivity index (χ3n) is 3.50. The van der Waals surface area contributed by atoms with E-state index in [1.807, 2.05) is 15.8 Å². The van der Waals surface area contributed by atoms with Gasteiger partial charge in [-0.3, -0.25) is 9.48 Å². The van der Waals surface area contributed by atoms with Gasteiger partial charge in [-0.15, -0.1) is 0 Å². The van der Waals surface area contributed by atoms with Gasteiger partial charge in [0.2, 0.25) is 6.41 Å². The highest BCUT2D eigenvalue weighted by atomic mass is 16.5. The second-order valence-corrected chi connectivity index (χ2v) is 5.10. The first kappa shape index (κ1) is 11.5. The van der Waals surface area contributed by atoms with E-state index in [-0.39, 0.29) is 0 Å². The number of carbonyl (C=O) groups is 1. The summed E-state index contributed by atoms with van der Waals surface area (Å²) in [4.78, 5) is 12.7. The zero-order valence-electron chi connectivity index (χ0n) is 10.5. The van der Waals surface area contributed by atoms with Crippen molar-refractivity contribution in [1.82, 2.24) is 14.7 Å². The largest absolute Gasteiger partial charge is 0.377 e. The normalized spacial score (nSPS) is 24.6. The smallest absolute Gasteiger partial charge is 0.210 e. The Hall–Kier alpha value is -1.62. The van der Waals surface area contributed by atoms with Crippen LogP contribution in [0.4, 0.5) is 0 Å². The fraction of sp³-hybridized carbons (Fsp3) is 0.538. The summed E-state index contributed by atoms with van der Waals surface area (Å²) < 4.78 is 7.13. The zero-order chi connectivity index (χ0) is 12.5. The molecule has 1 unspecified atom stereocenters. The molecule has 0 bridgehead atoms. The molecule has 0 radical (unpaired) electrons. The van der Waals surface area contributed by atoms with Crippen LogP contribution in [0.15, 0.2) is 18.5 Å². The minimum atomic E-state index is 0.377. The molecule has 1 atom stereocenters. The Bertz CT molecular complexity index is 476. The van der Waals surface area contributed by atoms with E-state index in [2.05, 4.69) is 24.3 Å². The van der Waals surface area contributed by atoms with Crippen LogP contribution in [-0.2, 0) is 9.53 Å². The zero-order valence-corrected chi connectivity index (χ0v) is 10.5. The number of amides is 1. The number of ether oxygens (including phenoxy) is 1. The molecule has 3 rings (SSSR count). The van der Waals surface area contributed by atoms with Crippen LogP contribution in [-0.4, -0.2) is 47.4 Å². The summed E-state index contributed by atoms with van der Waals surface area (Å²) in [6, 6.07) is 0.377. The monoisotopic (exact) mass is 247 g/mol. The lowest BCUT2D eigenvalue weighted by molar-refractivity contribution is -0.118. The molecule has 18 heavy (non-hydrogen) atoms. The lowest BCUT2D eigenvalue weighted by Crippen LogP contribution is -2.32. The summed E-state index contributed by atoms with van der Waals surface area (Å²) in [6.45, 7) is 5.10. The summed E-state index contributed by atoms with van der Waals surface area (Å²) in [5.41, 5.74) is 2.30. The van der Waals surface area contributed by atoms with Gasteiger partial charge in [-0.1, -0.05) is 13.0 Å². The average Bonchev–Trinajstić information content (AvgIpc) is 2.75. The maximum Gasteiger partial charge on any atom is 0.210 e. The minimum Gasteiger partial charge on any atom is -0.377 e. The van der Waals surface area contributed by atoms with E-state index in [1.54, 1.807) is 0 Å². The number of rotatable bonds is 3. The lowest BCUT2D eigenvalue weighted by atomic mass is 9.98. The molecule has 0 aromatic carbocycles. The van der Waals surface area contributed by atoms with Crippen LogP contribution in [0.3, 0.4) is 0 Å². The summed E-state index contributed by atoms with van der Waals surface area (Å²) in [7, 11) is 0. The van der Waals surface area contributed by atoms with E-state index in [0.29, 0.717) is 18.5 Å². The van der Waals surface area contributed by atoms with Crippen molar-refractivity contribution in [1.29, 1.82) is 0 Å². The molecule has 0 N–H and O–H groups in total. The van der Waals surface area contributed by atoms with Crippen molar-refractivity contribution in [2.24, 2.45) is 5.92 Å². The summed E-state index contributed by atoms with van der Waals surface area (Å²) >= 11 is 0. The van der Waals surface area contributed by atoms with E-state index >= 15 is 0 Å². The summed E-state index contributed by atoms with van der Waals surface area (Å²) in [6.07, 6.45) is 7.09. The van der Waals surface area contributed by atoms with Gasteiger partial charge in [-0.2, -0.15) is 5.10 Å². The molecule has 2 aliphatic heterocycles. The van der Waals surface area contributed by atoms with Crippen molar-refractivity contribution >= 4 is 12.0 Å². The highest BCUT2D eigenvalue weighted by molar-refractivity contribution is 5.69. The third kappa shape index (κ3) is 2.06. The molecule has 96 valence electrons. The van der Waals surface area contributed by atoms with E-state index in [0.717, 1.165) is 31.7 Å². The van der Waals surface area contributed by atoms with Crippen LogP contribution in [0.5, 0.6) is 0 Å². The second-order valence-electron chi connectivity index (χ2n) is 5.10. The van der Waals surface area contributed by atoms with Crippen LogP contribution in [0.25, 0.3) is 5.57 Å². The van der Waals surface area contributed by atoms with Crippen molar-refractivity contribution in [3.8, 4) is 0 Å².